The van der Waals surface area contributed by atoms with Crippen LogP contribution in [0, 0.1) is 5.92 Å². The van der Waals surface area contributed by atoms with Gasteiger partial charge in [-0.25, -0.2) is 15.0 Å². The standard InChI is InChI=1S/C19H24N6O2S/c1-12(2)6-14-8-21-17(27-14)5-4-15-9-22-19(28-15)24-18(26)16(20)7-13-10-25(3)11-23-13/h4-5,8-12,16H,6-7,20H2,1-3H3,(H,22,24,26)/b5-4+/t16-/m0/s1. The average Bonchev–Trinajstić information content (AvgIpc) is 3.35. The van der Waals surface area contributed by atoms with E-state index in [1.54, 1.807) is 24.8 Å². The summed E-state index contributed by atoms with van der Waals surface area (Å²) in [5.41, 5.74) is 6.74. The Labute approximate surface area is 167 Å². The van der Waals surface area contributed by atoms with E-state index in [2.05, 4.69) is 34.1 Å². The zero-order valence-electron chi connectivity index (χ0n) is 16.1. The number of imidazole rings is 1. The number of hydrogen-bond acceptors (Lipinski definition) is 7. The summed E-state index contributed by atoms with van der Waals surface area (Å²) >= 11 is 1.35. The van der Waals surface area contributed by atoms with Gasteiger partial charge in [-0.3, -0.25) is 4.79 Å². The van der Waals surface area contributed by atoms with Gasteiger partial charge in [-0.1, -0.05) is 25.2 Å². The number of nitrogens with two attached hydrogens (primary N) is 1. The molecule has 3 aromatic heterocycles. The highest BCUT2D eigenvalue weighted by Gasteiger charge is 2.17. The van der Waals surface area contributed by atoms with E-state index in [0.29, 0.717) is 23.4 Å². The molecule has 0 saturated carbocycles. The van der Waals surface area contributed by atoms with Crippen LogP contribution in [0.4, 0.5) is 5.13 Å². The molecule has 0 aromatic carbocycles. The molecule has 0 aliphatic carbocycles. The molecule has 0 spiro atoms. The molecule has 3 heterocycles. The molecule has 0 aliphatic rings. The van der Waals surface area contributed by atoms with Crippen molar-refractivity contribution in [2.24, 2.45) is 18.7 Å². The molecule has 1 atom stereocenters. The predicted octanol–water partition coefficient (Wildman–Crippen LogP) is 2.74. The molecule has 0 bridgehead atoms. The van der Waals surface area contributed by atoms with Crippen molar-refractivity contribution in [3.8, 4) is 0 Å². The number of hydrogen-bond donors (Lipinski definition) is 2. The Morgan fingerprint density at radius 2 is 2.11 bits per heavy atom. The van der Waals surface area contributed by atoms with Gasteiger partial charge in [0, 0.05) is 43.2 Å². The fourth-order valence-electron chi connectivity index (χ4n) is 2.56. The summed E-state index contributed by atoms with van der Waals surface area (Å²) in [6.45, 7) is 4.26. The van der Waals surface area contributed by atoms with Gasteiger partial charge in [0.25, 0.3) is 0 Å². The SMILES string of the molecule is CC(C)Cc1cnc(/C=C/c2cnc(NC(=O)[C@@H](N)Cc3cn(C)cn3)s2)o1. The van der Waals surface area contributed by atoms with Crippen LogP contribution in [-0.2, 0) is 24.7 Å². The lowest BCUT2D eigenvalue weighted by Crippen LogP contribution is -2.37. The van der Waals surface area contributed by atoms with Crippen LogP contribution < -0.4 is 11.1 Å². The molecule has 3 rings (SSSR count). The Morgan fingerprint density at radius 3 is 2.82 bits per heavy atom. The first-order valence-electron chi connectivity index (χ1n) is 9.01. The summed E-state index contributed by atoms with van der Waals surface area (Å²) in [6.07, 6.45) is 11.8. The maximum atomic E-state index is 12.3. The van der Waals surface area contributed by atoms with E-state index in [1.807, 2.05) is 23.9 Å². The monoisotopic (exact) mass is 400 g/mol. The average molecular weight is 401 g/mol. The Morgan fingerprint density at radius 1 is 1.29 bits per heavy atom. The first-order chi connectivity index (χ1) is 13.4. The second-order valence-corrected chi connectivity index (χ2v) is 8.06. The quantitative estimate of drug-likeness (QED) is 0.601. The number of carbonyl (C=O) groups is 1. The fourth-order valence-corrected chi connectivity index (χ4v) is 3.28. The van der Waals surface area contributed by atoms with Crippen LogP contribution in [0.5, 0.6) is 0 Å². The Hall–Kier alpha value is -2.78. The second kappa shape index (κ2) is 8.94. The van der Waals surface area contributed by atoms with Gasteiger partial charge in [0.2, 0.25) is 11.8 Å². The maximum absolute atomic E-state index is 12.3. The van der Waals surface area contributed by atoms with E-state index in [9.17, 15) is 4.79 Å². The smallest absolute Gasteiger partial charge is 0.243 e. The highest BCUT2D eigenvalue weighted by molar-refractivity contribution is 7.16. The molecule has 0 aliphatic heterocycles. The minimum absolute atomic E-state index is 0.290. The van der Waals surface area contributed by atoms with Crippen molar-refractivity contribution in [1.29, 1.82) is 0 Å². The zero-order chi connectivity index (χ0) is 20.1. The molecule has 0 fully saturated rings. The first-order valence-corrected chi connectivity index (χ1v) is 9.82. The van der Waals surface area contributed by atoms with Crippen molar-refractivity contribution < 1.29 is 9.21 Å². The van der Waals surface area contributed by atoms with Crippen LogP contribution in [0.25, 0.3) is 12.2 Å². The lowest BCUT2D eigenvalue weighted by molar-refractivity contribution is -0.117. The van der Waals surface area contributed by atoms with Gasteiger partial charge in [-0.05, 0) is 12.0 Å². The van der Waals surface area contributed by atoms with E-state index >= 15 is 0 Å². The van der Waals surface area contributed by atoms with E-state index in [-0.39, 0.29) is 5.91 Å². The predicted molar refractivity (Wildman–Crippen MR) is 110 cm³/mol. The van der Waals surface area contributed by atoms with Crippen LogP contribution in [0.2, 0.25) is 0 Å². The number of nitrogens with one attached hydrogen (secondary N) is 1. The summed E-state index contributed by atoms with van der Waals surface area (Å²) < 4.78 is 7.49. The molecule has 0 unspecified atom stereocenters. The lowest BCUT2D eigenvalue weighted by atomic mass is 10.1. The van der Waals surface area contributed by atoms with E-state index < -0.39 is 6.04 Å². The number of anilines is 1. The molecule has 3 N–H and O–H groups in total. The van der Waals surface area contributed by atoms with Crippen molar-refractivity contribution in [3.05, 3.63) is 47.1 Å². The highest BCUT2D eigenvalue weighted by atomic mass is 32.1. The number of rotatable bonds is 8. The largest absolute Gasteiger partial charge is 0.442 e. The third kappa shape index (κ3) is 5.61. The Bertz CT molecular complexity index is 955. The van der Waals surface area contributed by atoms with Crippen LogP contribution >= 0.6 is 11.3 Å². The van der Waals surface area contributed by atoms with E-state index in [4.69, 9.17) is 10.2 Å². The number of nitrogens with zero attached hydrogens (tertiary/aromatic N) is 4. The van der Waals surface area contributed by atoms with Crippen molar-refractivity contribution in [1.82, 2.24) is 19.5 Å². The van der Waals surface area contributed by atoms with Crippen LogP contribution in [0.3, 0.4) is 0 Å². The van der Waals surface area contributed by atoms with Gasteiger partial charge in [-0.2, -0.15) is 0 Å². The minimum Gasteiger partial charge on any atom is -0.442 e. The number of carbonyl (C=O) groups excluding carboxylic acids is 1. The number of aryl methyl sites for hydroxylation is 1. The summed E-state index contributed by atoms with van der Waals surface area (Å²) in [5.74, 6) is 1.64. The Kier molecular flexibility index (Phi) is 6.37. The fraction of sp³-hybridized carbons (Fsp3) is 0.368. The number of thiazole rings is 1. The Balaban J connectivity index is 1.54. The molecule has 28 heavy (non-hydrogen) atoms. The van der Waals surface area contributed by atoms with Gasteiger partial charge in [0.05, 0.1) is 24.3 Å². The molecule has 9 heteroatoms. The number of oxazole rings is 1. The molecule has 8 nitrogen and oxygen atoms in total. The van der Waals surface area contributed by atoms with E-state index in [1.165, 1.54) is 11.3 Å². The summed E-state index contributed by atoms with van der Waals surface area (Å²) in [5, 5.41) is 3.24. The summed E-state index contributed by atoms with van der Waals surface area (Å²) in [6, 6.07) is -0.690. The molecular formula is C19H24N6O2S. The molecule has 148 valence electrons. The first kappa shape index (κ1) is 20.0. The van der Waals surface area contributed by atoms with Crippen molar-refractivity contribution in [3.63, 3.8) is 0 Å². The van der Waals surface area contributed by atoms with Gasteiger partial charge < -0.3 is 20.0 Å². The van der Waals surface area contributed by atoms with E-state index in [0.717, 1.165) is 22.8 Å². The maximum Gasteiger partial charge on any atom is 0.243 e. The summed E-state index contributed by atoms with van der Waals surface area (Å²) in [7, 11) is 1.87. The summed E-state index contributed by atoms with van der Waals surface area (Å²) in [4.78, 5) is 25.8. The number of amides is 1. The van der Waals surface area contributed by atoms with Gasteiger partial charge >= 0.3 is 0 Å². The normalized spacial score (nSPS) is 12.8. The second-order valence-electron chi connectivity index (χ2n) is 6.99. The van der Waals surface area contributed by atoms with Crippen LogP contribution in [0.1, 0.15) is 36.1 Å². The lowest BCUT2D eigenvalue weighted by Gasteiger charge is -2.08. The molecular weight excluding hydrogens is 376 g/mol. The highest BCUT2D eigenvalue weighted by Crippen LogP contribution is 2.21. The van der Waals surface area contributed by atoms with Gasteiger partial charge in [0.15, 0.2) is 5.13 Å². The van der Waals surface area contributed by atoms with Crippen molar-refractivity contribution >= 4 is 34.5 Å². The van der Waals surface area contributed by atoms with Crippen molar-refractivity contribution in [2.75, 3.05) is 5.32 Å². The zero-order valence-corrected chi connectivity index (χ0v) is 16.9. The van der Waals surface area contributed by atoms with Gasteiger partial charge in [0.1, 0.15) is 5.76 Å². The minimum atomic E-state index is -0.690. The number of aromatic nitrogens is 4. The third-order valence-electron chi connectivity index (χ3n) is 3.85. The van der Waals surface area contributed by atoms with Crippen molar-refractivity contribution in [2.45, 2.75) is 32.7 Å². The third-order valence-corrected chi connectivity index (χ3v) is 4.73. The van der Waals surface area contributed by atoms with Crippen LogP contribution in [-0.4, -0.2) is 31.5 Å². The topological polar surface area (TPSA) is 112 Å². The molecule has 3 aromatic rings. The van der Waals surface area contributed by atoms with Crippen LogP contribution in [0.15, 0.2) is 29.3 Å². The van der Waals surface area contributed by atoms with Gasteiger partial charge in [-0.15, -0.1) is 0 Å². The molecule has 0 radical (unpaired) electrons. The molecule has 0 saturated heterocycles. The molecule has 1 amide bonds.